The Labute approximate surface area is 104 Å². The summed E-state index contributed by atoms with van der Waals surface area (Å²) >= 11 is 0. The number of nitrogens with zero attached hydrogens (tertiary/aromatic N) is 3. The first kappa shape index (κ1) is 12.5. The monoisotopic (exact) mass is 249 g/mol. The van der Waals surface area contributed by atoms with Crippen LogP contribution in [0.25, 0.3) is 11.4 Å². The molecule has 0 radical (unpaired) electrons. The highest BCUT2D eigenvalue weighted by Gasteiger charge is 2.12. The summed E-state index contributed by atoms with van der Waals surface area (Å²) in [4.78, 5) is 15.5. The molecule has 0 saturated carbocycles. The Morgan fingerprint density at radius 2 is 2.33 bits per heavy atom. The largest absolute Gasteiger partial charge is 0.441 e. The summed E-state index contributed by atoms with van der Waals surface area (Å²) in [7, 11) is 0. The molecule has 0 aromatic carbocycles. The van der Waals surface area contributed by atoms with Crippen molar-refractivity contribution in [3.8, 4) is 11.4 Å². The van der Waals surface area contributed by atoms with E-state index in [0.29, 0.717) is 19.0 Å². The second-order valence-electron chi connectivity index (χ2n) is 4.08. The minimum Gasteiger partial charge on any atom is -0.377 e. The topological polar surface area (TPSA) is 70.2 Å². The minimum absolute atomic E-state index is 0.127. The highest BCUT2D eigenvalue weighted by atomic mass is 16.5. The summed E-state index contributed by atoms with van der Waals surface area (Å²) in [6.45, 7) is 4.73. The molecule has 0 aliphatic carbocycles. The predicted molar refractivity (Wildman–Crippen MR) is 65.1 cm³/mol. The molecule has 0 saturated heterocycles. The standard InChI is InChI=1S/C12H15N3O3/c1-9(2)17-7-6-15-11(14-18-12(15)16)10-4-3-5-13-8-10/h3-5,8-9H,6-7H2,1-2H3. The second kappa shape index (κ2) is 5.59. The fourth-order valence-corrected chi connectivity index (χ4v) is 1.55. The first-order valence-electron chi connectivity index (χ1n) is 5.77. The maximum absolute atomic E-state index is 11.5. The first-order chi connectivity index (χ1) is 8.68. The zero-order valence-electron chi connectivity index (χ0n) is 10.4. The van der Waals surface area contributed by atoms with Gasteiger partial charge in [-0.15, -0.1) is 0 Å². The van der Waals surface area contributed by atoms with Crippen molar-refractivity contribution in [2.75, 3.05) is 6.61 Å². The average molecular weight is 249 g/mol. The van der Waals surface area contributed by atoms with Crippen molar-refractivity contribution in [3.63, 3.8) is 0 Å². The lowest BCUT2D eigenvalue weighted by Gasteiger charge is -2.08. The van der Waals surface area contributed by atoms with Gasteiger partial charge in [-0.3, -0.25) is 14.1 Å². The molecule has 6 nitrogen and oxygen atoms in total. The van der Waals surface area contributed by atoms with E-state index in [1.807, 2.05) is 19.9 Å². The van der Waals surface area contributed by atoms with Gasteiger partial charge in [-0.1, -0.05) is 5.16 Å². The van der Waals surface area contributed by atoms with E-state index in [-0.39, 0.29) is 6.10 Å². The molecule has 2 heterocycles. The van der Waals surface area contributed by atoms with Crippen LogP contribution in [0.4, 0.5) is 0 Å². The quantitative estimate of drug-likeness (QED) is 0.799. The summed E-state index contributed by atoms with van der Waals surface area (Å²) in [6, 6.07) is 3.60. The van der Waals surface area contributed by atoms with Crippen LogP contribution in [0.5, 0.6) is 0 Å². The first-order valence-corrected chi connectivity index (χ1v) is 5.77. The molecule has 96 valence electrons. The number of hydrogen-bond acceptors (Lipinski definition) is 5. The molecule has 0 aliphatic heterocycles. The SMILES string of the molecule is CC(C)OCCn1c(-c2cccnc2)noc1=O. The van der Waals surface area contributed by atoms with Crippen molar-refractivity contribution in [3.05, 3.63) is 35.1 Å². The summed E-state index contributed by atoms with van der Waals surface area (Å²) in [6.07, 6.45) is 3.42. The molecule has 6 heteroatoms. The van der Waals surface area contributed by atoms with Gasteiger partial charge in [0, 0.05) is 18.0 Å². The van der Waals surface area contributed by atoms with Gasteiger partial charge in [-0.2, -0.15) is 0 Å². The van der Waals surface area contributed by atoms with E-state index in [1.165, 1.54) is 4.57 Å². The Balaban J connectivity index is 2.20. The lowest BCUT2D eigenvalue weighted by molar-refractivity contribution is 0.0719. The van der Waals surface area contributed by atoms with E-state index >= 15 is 0 Å². The lowest BCUT2D eigenvalue weighted by Crippen LogP contribution is -2.20. The van der Waals surface area contributed by atoms with Gasteiger partial charge in [-0.25, -0.2) is 4.79 Å². The highest BCUT2D eigenvalue weighted by molar-refractivity contribution is 5.52. The van der Waals surface area contributed by atoms with E-state index in [0.717, 1.165) is 5.56 Å². The Morgan fingerprint density at radius 3 is 3.00 bits per heavy atom. The van der Waals surface area contributed by atoms with Crippen LogP contribution >= 0.6 is 0 Å². The number of hydrogen-bond donors (Lipinski definition) is 0. The van der Waals surface area contributed by atoms with Gasteiger partial charge in [-0.05, 0) is 26.0 Å². The fourth-order valence-electron chi connectivity index (χ4n) is 1.55. The van der Waals surface area contributed by atoms with Crippen LogP contribution in [0.1, 0.15) is 13.8 Å². The zero-order valence-corrected chi connectivity index (χ0v) is 10.4. The Kier molecular flexibility index (Phi) is 3.88. The molecule has 0 fully saturated rings. The van der Waals surface area contributed by atoms with E-state index in [1.54, 1.807) is 18.5 Å². The summed E-state index contributed by atoms with van der Waals surface area (Å²) in [5, 5.41) is 3.76. The van der Waals surface area contributed by atoms with E-state index in [2.05, 4.69) is 14.7 Å². The maximum Gasteiger partial charge on any atom is 0.441 e. The van der Waals surface area contributed by atoms with Gasteiger partial charge in [0.05, 0.1) is 19.3 Å². The van der Waals surface area contributed by atoms with Crippen LogP contribution < -0.4 is 5.76 Å². The highest BCUT2D eigenvalue weighted by Crippen LogP contribution is 2.13. The number of pyridine rings is 1. The smallest absolute Gasteiger partial charge is 0.377 e. The molecule has 2 aromatic heterocycles. The van der Waals surface area contributed by atoms with Crippen molar-refractivity contribution in [1.29, 1.82) is 0 Å². The molecule has 0 bridgehead atoms. The number of ether oxygens (including phenoxy) is 1. The molecule has 2 aromatic rings. The van der Waals surface area contributed by atoms with Crippen LogP contribution in [0, 0.1) is 0 Å². The van der Waals surface area contributed by atoms with Crippen molar-refractivity contribution >= 4 is 0 Å². The molecule has 0 amide bonds. The molecule has 0 atom stereocenters. The summed E-state index contributed by atoms with van der Waals surface area (Å²) in [5.74, 6) is -0.0123. The van der Waals surface area contributed by atoms with Gasteiger partial charge in [0.1, 0.15) is 0 Å². The minimum atomic E-state index is -0.485. The van der Waals surface area contributed by atoms with Crippen LogP contribution in [-0.4, -0.2) is 27.4 Å². The Bertz CT molecular complexity index is 545. The third kappa shape index (κ3) is 2.84. The zero-order chi connectivity index (χ0) is 13.0. The molecule has 0 N–H and O–H groups in total. The van der Waals surface area contributed by atoms with Gasteiger partial charge in [0.2, 0.25) is 0 Å². The molecule has 2 rings (SSSR count). The van der Waals surface area contributed by atoms with Crippen molar-refractivity contribution in [2.45, 2.75) is 26.5 Å². The predicted octanol–water partition coefficient (Wildman–Crippen LogP) is 1.32. The number of aromatic nitrogens is 3. The third-order valence-corrected chi connectivity index (χ3v) is 2.37. The molecule has 0 unspecified atom stereocenters. The van der Waals surface area contributed by atoms with Gasteiger partial charge < -0.3 is 4.74 Å². The van der Waals surface area contributed by atoms with E-state index in [4.69, 9.17) is 4.74 Å². The van der Waals surface area contributed by atoms with Crippen molar-refractivity contribution in [2.24, 2.45) is 0 Å². The van der Waals surface area contributed by atoms with Crippen LogP contribution in [0.3, 0.4) is 0 Å². The Hall–Kier alpha value is -1.95. The molecule has 0 aliphatic rings. The summed E-state index contributed by atoms with van der Waals surface area (Å²) < 4.78 is 11.5. The normalized spacial score (nSPS) is 11.1. The Morgan fingerprint density at radius 1 is 1.50 bits per heavy atom. The maximum atomic E-state index is 11.5. The molecule has 18 heavy (non-hydrogen) atoms. The molecular formula is C12H15N3O3. The van der Waals surface area contributed by atoms with Crippen LogP contribution in [0.2, 0.25) is 0 Å². The van der Waals surface area contributed by atoms with Crippen LogP contribution in [-0.2, 0) is 11.3 Å². The van der Waals surface area contributed by atoms with Gasteiger partial charge in [0.25, 0.3) is 0 Å². The van der Waals surface area contributed by atoms with Crippen molar-refractivity contribution in [1.82, 2.24) is 14.7 Å². The number of rotatable bonds is 5. The molecular weight excluding hydrogens is 234 g/mol. The summed E-state index contributed by atoms with van der Waals surface area (Å²) in [5.41, 5.74) is 0.743. The van der Waals surface area contributed by atoms with E-state index in [9.17, 15) is 4.79 Å². The second-order valence-corrected chi connectivity index (χ2v) is 4.08. The van der Waals surface area contributed by atoms with Crippen LogP contribution in [0.15, 0.2) is 33.8 Å². The van der Waals surface area contributed by atoms with Gasteiger partial charge >= 0.3 is 5.76 Å². The van der Waals surface area contributed by atoms with E-state index < -0.39 is 5.76 Å². The third-order valence-electron chi connectivity index (χ3n) is 2.37. The lowest BCUT2D eigenvalue weighted by atomic mass is 10.3. The van der Waals surface area contributed by atoms with Gasteiger partial charge in [0.15, 0.2) is 5.82 Å². The fraction of sp³-hybridized carbons (Fsp3) is 0.417. The molecule has 0 spiro atoms. The average Bonchev–Trinajstić information content (AvgIpc) is 2.72. The van der Waals surface area contributed by atoms with Crippen molar-refractivity contribution < 1.29 is 9.26 Å².